The lowest BCUT2D eigenvalue weighted by Crippen LogP contribution is -2.81. The standard InChI is InChI=1S/C50H60N4O8/c51-31-35-7-1-9-39(27-35)37-15-23-53(24-16-37)45(55)41-11-3-13-43(29-41)59-33-49(57)47(19-5-20-47)62-50(58,48(61-49)21-6-22-48)34-60-44-14-4-12-42(30-44)46(56)54-25-17-38(18-26-54)40-10-2-8-36(28-40)32-52/h1-4,7-14,27-30,37-38,57-58H,5-6,15-26,31-34,51-52H2. The maximum atomic E-state index is 13.7. The predicted octanol–water partition coefficient (Wildman–Crippen LogP) is 6.37. The second-order valence-corrected chi connectivity index (χ2v) is 18.1. The van der Waals surface area contributed by atoms with Crippen LogP contribution in [-0.2, 0) is 22.6 Å². The van der Waals surface area contributed by atoms with Crippen LogP contribution in [0.15, 0.2) is 97.1 Å². The van der Waals surface area contributed by atoms with Crippen molar-refractivity contribution in [1.29, 1.82) is 0 Å². The van der Waals surface area contributed by atoms with Gasteiger partial charge in [-0.2, -0.15) is 0 Å². The average molecular weight is 845 g/mol. The Hall–Kier alpha value is -4.82. The van der Waals surface area contributed by atoms with E-state index in [2.05, 4.69) is 36.4 Å². The Bertz CT molecular complexity index is 2090. The molecule has 4 aromatic carbocycles. The number of likely N-dealkylation sites (tertiary alicyclic amines) is 2. The molecule has 12 nitrogen and oxygen atoms in total. The number of benzene rings is 4. The molecule has 2 saturated carbocycles. The minimum Gasteiger partial charge on any atom is -0.488 e. The number of piperidine rings is 2. The molecule has 4 aromatic rings. The predicted molar refractivity (Wildman–Crippen MR) is 234 cm³/mol. The fourth-order valence-corrected chi connectivity index (χ4v) is 10.2. The van der Waals surface area contributed by atoms with Crippen molar-refractivity contribution in [2.24, 2.45) is 11.5 Å². The smallest absolute Gasteiger partial charge is 0.253 e. The topological polar surface area (TPSA) is 170 Å². The van der Waals surface area contributed by atoms with E-state index in [9.17, 15) is 19.8 Å². The molecule has 3 saturated heterocycles. The molecule has 12 heteroatoms. The number of aliphatic hydroxyl groups is 2. The summed E-state index contributed by atoms with van der Waals surface area (Å²) in [5, 5.41) is 24.7. The van der Waals surface area contributed by atoms with Crippen molar-refractivity contribution < 1.29 is 38.7 Å². The van der Waals surface area contributed by atoms with Crippen LogP contribution in [0.2, 0.25) is 0 Å². The molecule has 9 rings (SSSR count). The quantitative estimate of drug-likeness (QED) is 0.126. The Morgan fingerprint density at radius 3 is 1.32 bits per heavy atom. The molecule has 0 bridgehead atoms. The SMILES string of the molecule is NCc1cccc(C2CCN(C(=O)c3cccc(OCC4(O)OC5(CCC5)C(O)(COc5cccc(C(=O)N6CCC(c7cccc(CN)c7)CC6)c5)OC45CCC5)c3)CC2)c1. The van der Waals surface area contributed by atoms with Crippen molar-refractivity contribution >= 4 is 11.8 Å². The van der Waals surface area contributed by atoms with Crippen LogP contribution in [0, 0.1) is 0 Å². The number of nitrogens with zero attached hydrogens (tertiary/aromatic N) is 2. The third-order valence-electron chi connectivity index (χ3n) is 14.4. The summed E-state index contributed by atoms with van der Waals surface area (Å²) in [6.45, 7) is 3.12. The highest BCUT2D eigenvalue weighted by Gasteiger charge is 2.73. The van der Waals surface area contributed by atoms with E-state index >= 15 is 0 Å². The van der Waals surface area contributed by atoms with Gasteiger partial charge in [0.25, 0.3) is 11.8 Å². The number of amides is 2. The highest BCUT2D eigenvalue weighted by molar-refractivity contribution is 5.95. The van der Waals surface area contributed by atoms with Crippen molar-refractivity contribution in [3.63, 3.8) is 0 Å². The molecule has 6 N–H and O–H groups in total. The summed E-state index contributed by atoms with van der Waals surface area (Å²) in [6.07, 6.45) is 6.86. The van der Waals surface area contributed by atoms with Crippen LogP contribution in [0.3, 0.4) is 0 Å². The molecule has 2 atom stereocenters. The first-order chi connectivity index (χ1) is 30.0. The second-order valence-electron chi connectivity index (χ2n) is 18.1. The molecular formula is C50H60N4O8. The summed E-state index contributed by atoms with van der Waals surface area (Å²) < 4.78 is 25.8. The first-order valence-corrected chi connectivity index (χ1v) is 22.5. The van der Waals surface area contributed by atoms with Crippen LogP contribution in [0.4, 0.5) is 0 Å². The van der Waals surface area contributed by atoms with Gasteiger partial charge in [-0.05, 0) is 135 Å². The van der Waals surface area contributed by atoms with Crippen molar-refractivity contribution in [3.8, 4) is 11.5 Å². The molecule has 3 aliphatic heterocycles. The van der Waals surface area contributed by atoms with Gasteiger partial charge in [-0.25, -0.2) is 0 Å². The number of hydrogen-bond acceptors (Lipinski definition) is 10. The van der Waals surface area contributed by atoms with E-state index in [1.807, 2.05) is 21.9 Å². The molecule has 2 spiro atoms. The van der Waals surface area contributed by atoms with E-state index in [0.29, 0.717) is 99.4 Å². The average Bonchev–Trinajstić information content (AvgIpc) is 3.29. The first kappa shape index (κ1) is 42.5. The third-order valence-corrected chi connectivity index (χ3v) is 14.4. The third kappa shape index (κ3) is 8.13. The zero-order chi connectivity index (χ0) is 43.0. The molecule has 3 heterocycles. The molecule has 2 aliphatic carbocycles. The van der Waals surface area contributed by atoms with Gasteiger partial charge in [0.2, 0.25) is 11.6 Å². The summed E-state index contributed by atoms with van der Waals surface area (Å²) in [4.78, 5) is 31.2. The lowest BCUT2D eigenvalue weighted by Gasteiger charge is -2.66. The first-order valence-electron chi connectivity index (χ1n) is 22.5. The lowest BCUT2D eigenvalue weighted by atomic mass is 9.66. The van der Waals surface area contributed by atoms with E-state index < -0.39 is 22.8 Å². The fraction of sp³-hybridized carbons (Fsp3) is 0.480. The van der Waals surface area contributed by atoms with Gasteiger partial charge in [0.1, 0.15) is 35.9 Å². The van der Waals surface area contributed by atoms with Gasteiger partial charge < -0.3 is 50.4 Å². The molecule has 5 fully saturated rings. The van der Waals surface area contributed by atoms with E-state index in [4.69, 9.17) is 30.4 Å². The summed E-state index contributed by atoms with van der Waals surface area (Å²) in [7, 11) is 0. The van der Waals surface area contributed by atoms with Gasteiger partial charge in [0.15, 0.2) is 0 Å². The zero-order valence-electron chi connectivity index (χ0n) is 35.5. The van der Waals surface area contributed by atoms with Gasteiger partial charge in [0, 0.05) is 50.4 Å². The van der Waals surface area contributed by atoms with Crippen LogP contribution in [0.5, 0.6) is 11.5 Å². The Kier molecular flexibility index (Phi) is 11.9. The van der Waals surface area contributed by atoms with Gasteiger partial charge in [-0.3, -0.25) is 9.59 Å². The van der Waals surface area contributed by atoms with Crippen LogP contribution in [-0.4, -0.2) is 94.0 Å². The zero-order valence-corrected chi connectivity index (χ0v) is 35.5. The van der Waals surface area contributed by atoms with Gasteiger partial charge in [-0.15, -0.1) is 0 Å². The van der Waals surface area contributed by atoms with Crippen LogP contribution < -0.4 is 20.9 Å². The Labute approximate surface area is 364 Å². The summed E-state index contributed by atoms with van der Waals surface area (Å²) in [5.41, 5.74) is 15.1. The van der Waals surface area contributed by atoms with Crippen molar-refractivity contribution in [3.05, 3.63) is 130 Å². The summed E-state index contributed by atoms with van der Waals surface area (Å²) >= 11 is 0. The van der Waals surface area contributed by atoms with Crippen LogP contribution in [0.1, 0.15) is 119 Å². The number of ether oxygens (including phenoxy) is 4. The van der Waals surface area contributed by atoms with Crippen LogP contribution in [0.25, 0.3) is 0 Å². The largest absolute Gasteiger partial charge is 0.488 e. The minimum atomic E-state index is -1.87. The van der Waals surface area contributed by atoms with E-state index in [0.717, 1.165) is 49.7 Å². The molecule has 2 amide bonds. The minimum absolute atomic E-state index is 0.0603. The summed E-state index contributed by atoms with van der Waals surface area (Å²) in [6, 6.07) is 30.9. The van der Waals surface area contributed by atoms with Crippen molar-refractivity contribution in [2.45, 2.75) is 112 Å². The monoisotopic (exact) mass is 844 g/mol. The van der Waals surface area contributed by atoms with Crippen molar-refractivity contribution in [2.75, 3.05) is 39.4 Å². The normalized spacial score (nSPS) is 24.6. The molecule has 2 unspecified atom stereocenters. The highest BCUT2D eigenvalue weighted by Crippen LogP contribution is 2.59. The second kappa shape index (κ2) is 17.4. The van der Waals surface area contributed by atoms with Gasteiger partial charge in [-0.1, -0.05) is 60.7 Å². The number of rotatable bonds is 12. The molecule has 62 heavy (non-hydrogen) atoms. The maximum absolute atomic E-state index is 13.7. The van der Waals surface area contributed by atoms with E-state index in [1.165, 1.54) is 11.1 Å². The number of nitrogens with two attached hydrogens (primary N) is 2. The fourth-order valence-electron chi connectivity index (χ4n) is 10.2. The number of carbonyl (C=O) groups excluding carboxylic acids is 2. The lowest BCUT2D eigenvalue weighted by molar-refractivity contribution is -0.515. The Morgan fingerprint density at radius 2 is 0.968 bits per heavy atom. The summed E-state index contributed by atoms with van der Waals surface area (Å²) in [5.74, 6) is -2.23. The highest BCUT2D eigenvalue weighted by atomic mass is 16.8. The van der Waals surface area contributed by atoms with E-state index in [1.54, 1.807) is 48.5 Å². The molecule has 5 aliphatic rings. The van der Waals surface area contributed by atoms with Gasteiger partial charge >= 0.3 is 0 Å². The molecule has 328 valence electrons. The van der Waals surface area contributed by atoms with Crippen molar-refractivity contribution in [1.82, 2.24) is 9.80 Å². The molecule has 0 radical (unpaired) electrons. The Morgan fingerprint density at radius 1 is 0.581 bits per heavy atom. The van der Waals surface area contributed by atoms with Gasteiger partial charge in [0.05, 0.1) is 0 Å². The van der Waals surface area contributed by atoms with Crippen LogP contribution >= 0.6 is 0 Å². The number of hydrogen-bond donors (Lipinski definition) is 4. The maximum Gasteiger partial charge on any atom is 0.253 e. The van der Waals surface area contributed by atoms with E-state index in [-0.39, 0.29) is 25.0 Å². The number of carbonyl (C=O) groups is 2. The Balaban J connectivity index is 0.820. The molecule has 0 aromatic heterocycles. The molecular weight excluding hydrogens is 785 g/mol.